The number of ether oxygens (including phenoxy) is 1. The quantitative estimate of drug-likeness (QED) is 0.811. The fourth-order valence-corrected chi connectivity index (χ4v) is 1.71. The van der Waals surface area contributed by atoms with Crippen LogP contribution in [0, 0.1) is 0 Å². The number of hydrogen-bond donors (Lipinski definition) is 1. The van der Waals surface area contributed by atoms with E-state index in [-0.39, 0.29) is 0 Å². The normalized spacial score (nSPS) is 19.9. The number of benzene rings is 1. The SMILES string of the molecule is C1=COC(CNCc2ccccc2)CC1. The third-order valence-electron chi connectivity index (χ3n) is 2.57. The molecule has 80 valence electrons. The summed E-state index contributed by atoms with van der Waals surface area (Å²) in [5.74, 6) is 0. The summed E-state index contributed by atoms with van der Waals surface area (Å²) in [6, 6.07) is 10.4. The molecule has 0 aromatic heterocycles. The maximum absolute atomic E-state index is 5.47. The molecule has 1 unspecified atom stereocenters. The minimum Gasteiger partial charge on any atom is -0.497 e. The zero-order valence-electron chi connectivity index (χ0n) is 8.86. The van der Waals surface area contributed by atoms with Crippen molar-refractivity contribution in [3.05, 3.63) is 48.2 Å². The first-order valence-corrected chi connectivity index (χ1v) is 5.50. The van der Waals surface area contributed by atoms with Crippen LogP contribution >= 0.6 is 0 Å². The maximum atomic E-state index is 5.47. The summed E-state index contributed by atoms with van der Waals surface area (Å²) in [5.41, 5.74) is 1.32. The highest BCUT2D eigenvalue weighted by Crippen LogP contribution is 2.09. The van der Waals surface area contributed by atoms with Crippen molar-refractivity contribution in [2.24, 2.45) is 0 Å². The van der Waals surface area contributed by atoms with Crippen LogP contribution in [0.25, 0.3) is 0 Å². The Balaban J connectivity index is 1.68. The lowest BCUT2D eigenvalue weighted by atomic mass is 10.1. The summed E-state index contributed by atoms with van der Waals surface area (Å²) in [6.07, 6.45) is 6.50. The number of nitrogens with one attached hydrogen (secondary N) is 1. The lowest BCUT2D eigenvalue weighted by Crippen LogP contribution is -2.28. The number of rotatable bonds is 4. The van der Waals surface area contributed by atoms with Gasteiger partial charge in [-0.3, -0.25) is 0 Å². The van der Waals surface area contributed by atoms with Crippen molar-refractivity contribution in [3.63, 3.8) is 0 Å². The molecular weight excluding hydrogens is 186 g/mol. The molecule has 0 bridgehead atoms. The molecule has 0 amide bonds. The van der Waals surface area contributed by atoms with Crippen molar-refractivity contribution in [2.45, 2.75) is 25.5 Å². The standard InChI is InChI=1S/C13H17NO/c1-2-6-12(7-3-1)10-14-11-13-8-4-5-9-15-13/h1-3,5-7,9,13-14H,4,8,10-11H2. The molecule has 1 aromatic rings. The van der Waals surface area contributed by atoms with Crippen LogP contribution in [0.15, 0.2) is 42.7 Å². The Kier molecular flexibility index (Phi) is 3.80. The summed E-state index contributed by atoms with van der Waals surface area (Å²) in [4.78, 5) is 0. The molecule has 0 saturated carbocycles. The van der Waals surface area contributed by atoms with Crippen LogP contribution < -0.4 is 5.32 Å². The molecule has 0 radical (unpaired) electrons. The first-order valence-electron chi connectivity index (χ1n) is 5.50. The molecule has 1 heterocycles. The van der Waals surface area contributed by atoms with E-state index in [1.54, 1.807) is 0 Å². The topological polar surface area (TPSA) is 21.3 Å². The Morgan fingerprint density at radius 3 is 2.87 bits per heavy atom. The van der Waals surface area contributed by atoms with E-state index in [4.69, 9.17) is 4.74 Å². The van der Waals surface area contributed by atoms with Gasteiger partial charge in [0.15, 0.2) is 0 Å². The largest absolute Gasteiger partial charge is 0.497 e. The predicted octanol–water partition coefficient (Wildman–Crippen LogP) is 2.47. The van der Waals surface area contributed by atoms with Crippen LogP contribution in [0.2, 0.25) is 0 Å². The first kappa shape index (κ1) is 10.2. The Labute approximate surface area is 91.0 Å². The Hall–Kier alpha value is -1.28. The second kappa shape index (κ2) is 5.56. The Bertz CT molecular complexity index is 308. The maximum Gasteiger partial charge on any atom is 0.110 e. The van der Waals surface area contributed by atoms with Gasteiger partial charge in [-0.05, 0) is 24.5 Å². The zero-order chi connectivity index (χ0) is 10.3. The molecule has 2 rings (SSSR count). The summed E-state index contributed by atoms with van der Waals surface area (Å²) in [6.45, 7) is 1.85. The summed E-state index contributed by atoms with van der Waals surface area (Å²) in [5, 5.41) is 3.41. The van der Waals surface area contributed by atoms with Gasteiger partial charge in [0.2, 0.25) is 0 Å². The van der Waals surface area contributed by atoms with Gasteiger partial charge in [-0.2, -0.15) is 0 Å². The van der Waals surface area contributed by atoms with Gasteiger partial charge in [0.1, 0.15) is 6.10 Å². The van der Waals surface area contributed by atoms with Crippen molar-refractivity contribution in [3.8, 4) is 0 Å². The van der Waals surface area contributed by atoms with Gasteiger partial charge in [-0.25, -0.2) is 0 Å². The molecule has 0 saturated heterocycles. The molecule has 2 heteroatoms. The van der Waals surface area contributed by atoms with E-state index >= 15 is 0 Å². The van der Waals surface area contributed by atoms with E-state index in [0.29, 0.717) is 6.10 Å². The van der Waals surface area contributed by atoms with E-state index in [1.165, 1.54) is 5.56 Å². The third-order valence-corrected chi connectivity index (χ3v) is 2.57. The lowest BCUT2D eigenvalue weighted by molar-refractivity contribution is 0.122. The highest BCUT2D eigenvalue weighted by atomic mass is 16.5. The van der Waals surface area contributed by atoms with Gasteiger partial charge in [-0.1, -0.05) is 30.3 Å². The third kappa shape index (κ3) is 3.40. The molecule has 1 N–H and O–H groups in total. The van der Waals surface area contributed by atoms with Gasteiger partial charge in [0, 0.05) is 13.1 Å². The summed E-state index contributed by atoms with van der Waals surface area (Å²) >= 11 is 0. The van der Waals surface area contributed by atoms with Crippen LogP contribution in [0.5, 0.6) is 0 Å². The van der Waals surface area contributed by atoms with Crippen molar-refractivity contribution >= 4 is 0 Å². The minimum atomic E-state index is 0.346. The van der Waals surface area contributed by atoms with Crippen LogP contribution in [0.1, 0.15) is 18.4 Å². The van der Waals surface area contributed by atoms with Gasteiger partial charge in [0.25, 0.3) is 0 Å². The van der Waals surface area contributed by atoms with Crippen LogP contribution in [-0.4, -0.2) is 12.6 Å². The second-order valence-electron chi connectivity index (χ2n) is 3.82. The van der Waals surface area contributed by atoms with Crippen LogP contribution in [0.3, 0.4) is 0 Å². The molecule has 2 nitrogen and oxygen atoms in total. The molecule has 15 heavy (non-hydrogen) atoms. The zero-order valence-corrected chi connectivity index (χ0v) is 8.86. The van der Waals surface area contributed by atoms with Gasteiger partial charge in [-0.15, -0.1) is 0 Å². The first-order chi connectivity index (χ1) is 7.45. The van der Waals surface area contributed by atoms with E-state index < -0.39 is 0 Å². The molecule has 0 spiro atoms. The monoisotopic (exact) mass is 203 g/mol. The minimum absolute atomic E-state index is 0.346. The van der Waals surface area contributed by atoms with Crippen molar-refractivity contribution in [2.75, 3.05) is 6.54 Å². The van der Waals surface area contributed by atoms with Crippen molar-refractivity contribution < 1.29 is 4.74 Å². The molecule has 0 fully saturated rings. The molecular formula is C13H17NO. The van der Waals surface area contributed by atoms with Crippen molar-refractivity contribution in [1.82, 2.24) is 5.32 Å². The van der Waals surface area contributed by atoms with E-state index in [9.17, 15) is 0 Å². The molecule has 0 aliphatic carbocycles. The van der Waals surface area contributed by atoms with Crippen LogP contribution in [0.4, 0.5) is 0 Å². The van der Waals surface area contributed by atoms with E-state index in [0.717, 1.165) is 25.9 Å². The molecule has 1 aromatic carbocycles. The highest BCUT2D eigenvalue weighted by molar-refractivity contribution is 5.14. The molecule has 1 atom stereocenters. The van der Waals surface area contributed by atoms with Gasteiger partial charge in [0.05, 0.1) is 6.26 Å². The van der Waals surface area contributed by atoms with Crippen molar-refractivity contribution in [1.29, 1.82) is 0 Å². The van der Waals surface area contributed by atoms with E-state index in [2.05, 4.69) is 35.7 Å². The fraction of sp³-hybridized carbons (Fsp3) is 0.385. The van der Waals surface area contributed by atoms with E-state index in [1.807, 2.05) is 12.3 Å². The number of allylic oxidation sites excluding steroid dienone is 1. The Morgan fingerprint density at radius 2 is 2.13 bits per heavy atom. The summed E-state index contributed by atoms with van der Waals surface area (Å²) < 4.78 is 5.47. The average molecular weight is 203 g/mol. The highest BCUT2D eigenvalue weighted by Gasteiger charge is 2.09. The fourth-order valence-electron chi connectivity index (χ4n) is 1.71. The smallest absolute Gasteiger partial charge is 0.110 e. The van der Waals surface area contributed by atoms with Crippen LogP contribution in [-0.2, 0) is 11.3 Å². The predicted molar refractivity (Wildman–Crippen MR) is 61.4 cm³/mol. The average Bonchev–Trinajstić information content (AvgIpc) is 2.32. The van der Waals surface area contributed by atoms with Gasteiger partial charge < -0.3 is 10.1 Å². The second-order valence-corrected chi connectivity index (χ2v) is 3.82. The number of hydrogen-bond acceptors (Lipinski definition) is 2. The lowest BCUT2D eigenvalue weighted by Gasteiger charge is -2.19. The molecule has 1 aliphatic heterocycles. The van der Waals surface area contributed by atoms with Gasteiger partial charge >= 0.3 is 0 Å². The molecule has 1 aliphatic rings. The summed E-state index contributed by atoms with van der Waals surface area (Å²) in [7, 11) is 0. The Morgan fingerprint density at radius 1 is 1.27 bits per heavy atom.